The zero-order valence-corrected chi connectivity index (χ0v) is 14.9. The van der Waals surface area contributed by atoms with Crippen LogP contribution in [0.1, 0.15) is 0 Å². The molecule has 4 rings (SSSR count). The molecule has 1 amide bonds. The van der Waals surface area contributed by atoms with E-state index < -0.39 is 5.82 Å². The number of carbonyl (C=O) groups is 1. The number of nitrogens with zero attached hydrogens (tertiary/aromatic N) is 4. The lowest BCUT2D eigenvalue weighted by atomic mass is 10.2. The molecular weight excluding hydrogens is 365 g/mol. The molecule has 8 heteroatoms. The fraction of sp³-hybridized carbons (Fsp3) is 0.0526. The molecule has 2 aromatic heterocycles. The fourth-order valence-electron chi connectivity index (χ4n) is 2.50. The molecule has 2 heterocycles. The molecule has 0 fully saturated rings. The Morgan fingerprint density at radius 3 is 2.59 bits per heavy atom. The number of para-hydroxylation sites is 1. The molecule has 0 aliphatic heterocycles. The van der Waals surface area contributed by atoms with Crippen molar-refractivity contribution in [2.75, 3.05) is 11.1 Å². The average molecular weight is 379 g/mol. The van der Waals surface area contributed by atoms with E-state index in [4.69, 9.17) is 0 Å². The lowest BCUT2D eigenvalue weighted by Crippen LogP contribution is -2.15. The summed E-state index contributed by atoms with van der Waals surface area (Å²) >= 11 is 1.25. The highest BCUT2D eigenvalue weighted by Crippen LogP contribution is 2.21. The van der Waals surface area contributed by atoms with E-state index in [1.807, 2.05) is 30.3 Å². The maximum absolute atomic E-state index is 13.6. The number of benzene rings is 2. The lowest BCUT2D eigenvalue weighted by molar-refractivity contribution is -0.113. The minimum atomic E-state index is -0.465. The lowest BCUT2D eigenvalue weighted by Gasteiger charge is -2.06. The number of halogens is 1. The maximum Gasteiger partial charge on any atom is 0.234 e. The van der Waals surface area contributed by atoms with Gasteiger partial charge < -0.3 is 5.32 Å². The number of hydrogen-bond acceptors (Lipinski definition) is 5. The zero-order valence-electron chi connectivity index (χ0n) is 14.0. The SMILES string of the molecule is O=C(CSc1ccc2nnc(-c3ccccc3)n2n1)Nc1ccccc1F. The molecule has 0 unspecified atom stereocenters. The second-order valence-electron chi connectivity index (χ2n) is 5.65. The van der Waals surface area contributed by atoms with Crippen molar-refractivity contribution in [2.24, 2.45) is 0 Å². The van der Waals surface area contributed by atoms with E-state index in [-0.39, 0.29) is 17.3 Å². The van der Waals surface area contributed by atoms with Crippen molar-refractivity contribution in [2.45, 2.75) is 5.03 Å². The van der Waals surface area contributed by atoms with Crippen LogP contribution in [0.2, 0.25) is 0 Å². The molecule has 0 spiro atoms. The number of aromatic nitrogens is 4. The largest absolute Gasteiger partial charge is 0.323 e. The van der Waals surface area contributed by atoms with E-state index in [9.17, 15) is 9.18 Å². The van der Waals surface area contributed by atoms with Crippen molar-refractivity contribution in [1.82, 2.24) is 19.8 Å². The molecule has 0 saturated heterocycles. The van der Waals surface area contributed by atoms with Crippen LogP contribution in [0.3, 0.4) is 0 Å². The number of anilines is 1. The third-order valence-electron chi connectivity index (χ3n) is 3.77. The van der Waals surface area contributed by atoms with Crippen LogP contribution in [0.25, 0.3) is 17.0 Å². The summed E-state index contributed by atoms with van der Waals surface area (Å²) in [5, 5.41) is 16.0. The Hall–Kier alpha value is -3.26. The molecule has 0 aliphatic carbocycles. The summed E-state index contributed by atoms with van der Waals surface area (Å²) in [7, 11) is 0. The van der Waals surface area contributed by atoms with Gasteiger partial charge in [0.15, 0.2) is 11.5 Å². The quantitative estimate of drug-likeness (QED) is 0.536. The Bertz CT molecular complexity index is 1100. The second-order valence-corrected chi connectivity index (χ2v) is 6.64. The molecule has 6 nitrogen and oxygen atoms in total. The Morgan fingerprint density at radius 2 is 1.78 bits per heavy atom. The monoisotopic (exact) mass is 379 g/mol. The van der Waals surface area contributed by atoms with Crippen LogP contribution in [0.15, 0.2) is 71.8 Å². The number of rotatable bonds is 5. The van der Waals surface area contributed by atoms with Crippen LogP contribution in [-0.2, 0) is 4.79 Å². The van der Waals surface area contributed by atoms with Crippen LogP contribution in [-0.4, -0.2) is 31.5 Å². The Balaban J connectivity index is 1.49. The molecular formula is C19H14FN5OS. The maximum atomic E-state index is 13.6. The van der Waals surface area contributed by atoms with Gasteiger partial charge in [0, 0.05) is 5.56 Å². The first kappa shape index (κ1) is 17.2. The molecule has 1 N–H and O–H groups in total. The third kappa shape index (κ3) is 3.80. The standard InChI is InChI=1S/C19H14FN5OS/c20-14-8-4-5-9-15(14)21-17(26)12-27-18-11-10-16-22-23-19(25(16)24-18)13-6-2-1-3-7-13/h1-11H,12H2,(H,21,26). The number of amides is 1. The minimum Gasteiger partial charge on any atom is -0.323 e. The summed E-state index contributed by atoms with van der Waals surface area (Å²) in [6, 6.07) is 19.3. The van der Waals surface area contributed by atoms with E-state index in [0.29, 0.717) is 16.5 Å². The van der Waals surface area contributed by atoms with Crippen LogP contribution >= 0.6 is 11.8 Å². The molecule has 2 aromatic carbocycles. The predicted molar refractivity (Wildman–Crippen MR) is 102 cm³/mol. The number of thioether (sulfide) groups is 1. The van der Waals surface area contributed by atoms with Gasteiger partial charge in [-0.2, -0.15) is 9.61 Å². The first-order chi connectivity index (χ1) is 13.2. The number of nitrogens with one attached hydrogen (secondary N) is 1. The van der Waals surface area contributed by atoms with E-state index in [1.165, 1.54) is 23.9 Å². The smallest absolute Gasteiger partial charge is 0.234 e. The highest BCUT2D eigenvalue weighted by Gasteiger charge is 2.11. The van der Waals surface area contributed by atoms with Crippen molar-refractivity contribution in [3.63, 3.8) is 0 Å². The Morgan fingerprint density at radius 1 is 1.00 bits per heavy atom. The third-order valence-corrected chi connectivity index (χ3v) is 4.69. The summed E-state index contributed by atoms with van der Waals surface area (Å²) in [6.07, 6.45) is 0. The summed E-state index contributed by atoms with van der Waals surface area (Å²) in [6.45, 7) is 0. The first-order valence-corrected chi connectivity index (χ1v) is 9.14. The van der Waals surface area contributed by atoms with Crippen LogP contribution in [0.4, 0.5) is 10.1 Å². The van der Waals surface area contributed by atoms with Gasteiger partial charge in [0.05, 0.1) is 11.4 Å². The predicted octanol–water partition coefficient (Wildman–Crippen LogP) is 3.66. The number of hydrogen-bond donors (Lipinski definition) is 1. The molecule has 0 atom stereocenters. The molecule has 0 saturated carbocycles. The number of fused-ring (bicyclic) bond motifs is 1. The van der Waals surface area contributed by atoms with Gasteiger partial charge in [-0.25, -0.2) is 4.39 Å². The van der Waals surface area contributed by atoms with E-state index in [1.54, 1.807) is 28.8 Å². The van der Waals surface area contributed by atoms with Crippen LogP contribution < -0.4 is 5.32 Å². The van der Waals surface area contributed by atoms with Crippen LogP contribution in [0.5, 0.6) is 0 Å². The van der Waals surface area contributed by atoms with Crippen molar-refractivity contribution >= 4 is 29.0 Å². The first-order valence-electron chi connectivity index (χ1n) is 8.16. The molecule has 0 aliphatic rings. The summed E-state index contributed by atoms with van der Waals surface area (Å²) in [5.41, 5.74) is 1.68. The van der Waals surface area contributed by atoms with Gasteiger partial charge in [-0.15, -0.1) is 10.2 Å². The minimum absolute atomic E-state index is 0.107. The van der Waals surface area contributed by atoms with E-state index in [2.05, 4.69) is 20.6 Å². The molecule has 0 bridgehead atoms. The normalized spacial score (nSPS) is 10.9. The molecule has 134 valence electrons. The zero-order chi connectivity index (χ0) is 18.6. The molecule has 4 aromatic rings. The van der Waals surface area contributed by atoms with Gasteiger partial charge in [0.25, 0.3) is 0 Å². The summed E-state index contributed by atoms with van der Waals surface area (Å²) in [5.74, 6) is -0.0365. The topological polar surface area (TPSA) is 72.2 Å². The van der Waals surface area contributed by atoms with Gasteiger partial charge in [0.1, 0.15) is 10.8 Å². The fourth-order valence-corrected chi connectivity index (χ4v) is 3.16. The van der Waals surface area contributed by atoms with Crippen molar-refractivity contribution in [3.05, 3.63) is 72.5 Å². The van der Waals surface area contributed by atoms with Gasteiger partial charge in [-0.05, 0) is 24.3 Å². The molecule has 0 radical (unpaired) electrons. The number of carbonyl (C=O) groups excluding carboxylic acids is 1. The van der Waals surface area contributed by atoms with Gasteiger partial charge in [0.2, 0.25) is 5.91 Å². The average Bonchev–Trinajstić information content (AvgIpc) is 3.12. The van der Waals surface area contributed by atoms with Gasteiger partial charge >= 0.3 is 0 Å². The summed E-state index contributed by atoms with van der Waals surface area (Å²) < 4.78 is 15.3. The van der Waals surface area contributed by atoms with Gasteiger partial charge in [-0.1, -0.05) is 54.2 Å². The van der Waals surface area contributed by atoms with E-state index >= 15 is 0 Å². The summed E-state index contributed by atoms with van der Waals surface area (Å²) in [4.78, 5) is 12.1. The van der Waals surface area contributed by atoms with Crippen molar-refractivity contribution in [1.29, 1.82) is 0 Å². The Kier molecular flexibility index (Phi) is 4.80. The Labute approximate surface area is 158 Å². The van der Waals surface area contributed by atoms with Crippen molar-refractivity contribution < 1.29 is 9.18 Å². The van der Waals surface area contributed by atoms with Crippen molar-refractivity contribution in [3.8, 4) is 11.4 Å². The highest BCUT2D eigenvalue weighted by molar-refractivity contribution is 7.99. The van der Waals surface area contributed by atoms with Gasteiger partial charge in [-0.3, -0.25) is 4.79 Å². The van der Waals surface area contributed by atoms with Crippen LogP contribution in [0, 0.1) is 5.82 Å². The van der Waals surface area contributed by atoms with E-state index in [0.717, 1.165) is 5.56 Å². The molecule has 27 heavy (non-hydrogen) atoms. The highest BCUT2D eigenvalue weighted by atomic mass is 32.2. The second kappa shape index (κ2) is 7.55.